The third-order valence-corrected chi connectivity index (χ3v) is 11.0. The number of esters is 2. The van der Waals surface area contributed by atoms with Crippen molar-refractivity contribution in [2.75, 3.05) is 26.4 Å². The predicted molar refractivity (Wildman–Crippen MR) is 284 cm³/mol. The van der Waals surface area contributed by atoms with Crippen LogP contribution in [0.25, 0.3) is 0 Å². The quantitative estimate of drug-likeness (QED) is 0.0265. The normalized spacial score (nSPS) is 14.3. The van der Waals surface area contributed by atoms with Crippen LogP contribution in [0.2, 0.25) is 0 Å². The van der Waals surface area contributed by atoms with Crippen molar-refractivity contribution >= 4 is 19.8 Å². The number of phosphoric ester groups is 1. The van der Waals surface area contributed by atoms with Crippen LogP contribution >= 0.6 is 7.82 Å². The van der Waals surface area contributed by atoms with E-state index in [1.807, 2.05) is 0 Å². The average Bonchev–Trinajstić information content (AvgIpc) is 3.32. The zero-order chi connectivity index (χ0) is 48.8. The van der Waals surface area contributed by atoms with Gasteiger partial charge in [0.1, 0.15) is 6.61 Å². The first-order valence-corrected chi connectivity index (χ1v) is 27.2. The fraction of sp³-hybridized carbons (Fsp3) is 0.579. The molecule has 0 bridgehead atoms. The molecule has 3 N–H and O–H groups in total. The van der Waals surface area contributed by atoms with Crippen molar-refractivity contribution in [1.29, 1.82) is 0 Å². The molecule has 9 nitrogen and oxygen atoms in total. The summed E-state index contributed by atoms with van der Waals surface area (Å²) in [5, 5.41) is 0. The third-order valence-electron chi connectivity index (χ3n) is 10.0. The van der Waals surface area contributed by atoms with Crippen molar-refractivity contribution in [3.8, 4) is 0 Å². The van der Waals surface area contributed by atoms with E-state index in [0.29, 0.717) is 12.8 Å². The van der Waals surface area contributed by atoms with Crippen LogP contribution in [-0.4, -0.2) is 49.3 Å². The van der Waals surface area contributed by atoms with E-state index >= 15 is 0 Å². The van der Waals surface area contributed by atoms with Gasteiger partial charge in [0.15, 0.2) is 6.10 Å². The molecule has 0 saturated carbocycles. The molecule has 2 unspecified atom stereocenters. The first-order valence-electron chi connectivity index (χ1n) is 25.7. The molecule has 378 valence electrons. The second-order valence-electron chi connectivity index (χ2n) is 16.3. The molecule has 0 spiro atoms. The molecule has 2 atom stereocenters. The highest BCUT2D eigenvalue weighted by Gasteiger charge is 2.26. The summed E-state index contributed by atoms with van der Waals surface area (Å²) in [7, 11) is -4.40. The Hall–Kier alpha value is -3.85. The monoisotopic (exact) mass is 950 g/mol. The Morgan fingerprint density at radius 3 is 1.15 bits per heavy atom. The molecule has 0 radical (unpaired) electrons. The Balaban J connectivity index is 4.17. The van der Waals surface area contributed by atoms with Gasteiger partial charge in [0, 0.05) is 19.4 Å². The lowest BCUT2D eigenvalue weighted by atomic mass is 10.1. The lowest BCUT2D eigenvalue weighted by Gasteiger charge is -2.19. The van der Waals surface area contributed by atoms with Crippen molar-refractivity contribution < 1.29 is 37.6 Å². The standard InChI is InChI=1S/C57H92NO8P/c1-3-5-7-9-11-13-15-17-19-21-23-24-25-26-27-28-29-30-32-34-36-38-40-42-44-46-48-50-57(60)66-55(54-65-67(61,62)64-52-51-58)53-63-56(59)49-47-45-43-41-39-37-35-33-31-22-20-18-16-14-12-10-8-6-4-2/h5-8,11-14,17-20,23-24,26-27,29-31,33-34,36,55H,3-4,9-10,15-16,21-22,25,28,32,35,37-54,58H2,1-2H3,(H,61,62)/b7-5-,8-6-,13-11-,14-12-,19-17-,20-18-,24-23-,27-26-,30-29-,33-31-,36-34-. The summed E-state index contributed by atoms with van der Waals surface area (Å²) in [4.78, 5) is 35.1. The van der Waals surface area contributed by atoms with E-state index in [-0.39, 0.29) is 32.6 Å². The van der Waals surface area contributed by atoms with Crippen LogP contribution in [0.1, 0.15) is 181 Å². The predicted octanol–water partition coefficient (Wildman–Crippen LogP) is 15.8. The van der Waals surface area contributed by atoms with Crippen LogP contribution in [0.4, 0.5) is 0 Å². The summed E-state index contributed by atoms with van der Waals surface area (Å²) in [6, 6.07) is 0. The van der Waals surface area contributed by atoms with Crippen LogP contribution in [0, 0.1) is 0 Å². The van der Waals surface area contributed by atoms with Crippen molar-refractivity contribution in [2.45, 2.75) is 187 Å². The van der Waals surface area contributed by atoms with Gasteiger partial charge in [-0.05, 0) is 109 Å². The maximum Gasteiger partial charge on any atom is 0.472 e. The van der Waals surface area contributed by atoms with Crippen molar-refractivity contribution in [2.24, 2.45) is 5.73 Å². The maximum absolute atomic E-state index is 12.7. The fourth-order valence-corrected chi connectivity index (χ4v) is 7.08. The summed E-state index contributed by atoms with van der Waals surface area (Å²) in [6.45, 7) is 3.45. The minimum Gasteiger partial charge on any atom is -0.462 e. The highest BCUT2D eigenvalue weighted by atomic mass is 31.2. The minimum atomic E-state index is -4.40. The van der Waals surface area contributed by atoms with Crippen molar-refractivity contribution in [3.63, 3.8) is 0 Å². The summed E-state index contributed by atoms with van der Waals surface area (Å²) >= 11 is 0. The van der Waals surface area contributed by atoms with Gasteiger partial charge in [-0.2, -0.15) is 0 Å². The minimum absolute atomic E-state index is 0.0394. The number of hydrogen-bond acceptors (Lipinski definition) is 8. The number of allylic oxidation sites excluding steroid dienone is 22. The largest absolute Gasteiger partial charge is 0.472 e. The van der Waals surface area contributed by atoms with Gasteiger partial charge in [0.05, 0.1) is 13.2 Å². The van der Waals surface area contributed by atoms with E-state index in [9.17, 15) is 19.0 Å². The van der Waals surface area contributed by atoms with Crippen LogP contribution in [0.15, 0.2) is 134 Å². The Bertz CT molecular complexity index is 1550. The van der Waals surface area contributed by atoms with E-state index in [2.05, 4.69) is 148 Å². The van der Waals surface area contributed by atoms with Gasteiger partial charge in [-0.25, -0.2) is 4.57 Å². The molecular formula is C57H92NO8P. The fourth-order valence-electron chi connectivity index (χ4n) is 6.31. The number of carbonyl (C=O) groups is 2. The van der Waals surface area contributed by atoms with Gasteiger partial charge in [0.2, 0.25) is 0 Å². The van der Waals surface area contributed by atoms with Gasteiger partial charge in [-0.3, -0.25) is 18.6 Å². The van der Waals surface area contributed by atoms with Crippen LogP contribution in [-0.2, 0) is 32.7 Å². The molecule has 0 aromatic carbocycles. The van der Waals surface area contributed by atoms with Gasteiger partial charge in [-0.1, -0.05) is 192 Å². The molecule has 0 amide bonds. The Kier molecular flexibility index (Phi) is 48.6. The molecule has 0 aliphatic heterocycles. The number of unbranched alkanes of at least 4 members (excludes halogenated alkanes) is 11. The summed E-state index contributed by atoms with van der Waals surface area (Å²) < 4.78 is 32.9. The van der Waals surface area contributed by atoms with Crippen LogP contribution < -0.4 is 5.73 Å². The molecule has 0 aliphatic rings. The highest BCUT2D eigenvalue weighted by Crippen LogP contribution is 2.43. The molecular weight excluding hydrogens is 858 g/mol. The Morgan fingerprint density at radius 2 is 0.776 bits per heavy atom. The zero-order valence-corrected chi connectivity index (χ0v) is 42.7. The van der Waals surface area contributed by atoms with Crippen molar-refractivity contribution in [1.82, 2.24) is 0 Å². The number of nitrogens with two attached hydrogens (primary N) is 1. The number of phosphoric acid groups is 1. The van der Waals surface area contributed by atoms with E-state index in [1.54, 1.807) is 0 Å². The van der Waals surface area contributed by atoms with Crippen molar-refractivity contribution in [3.05, 3.63) is 134 Å². The molecule has 0 fully saturated rings. The van der Waals surface area contributed by atoms with Crippen LogP contribution in [0.5, 0.6) is 0 Å². The van der Waals surface area contributed by atoms with Gasteiger partial charge >= 0.3 is 19.8 Å². The van der Waals surface area contributed by atoms with Gasteiger partial charge in [0.25, 0.3) is 0 Å². The smallest absolute Gasteiger partial charge is 0.462 e. The summed E-state index contributed by atoms with van der Waals surface area (Å²) in [5.41, 5.74) is 5.37. The van der Waals surface area contributed by atoms with E-state index in [1.165, 1.54) is 0 Å². The summed E-state index contributed by atoms with van der Waals surface area (Å²) in [5.74, 6) is -0.880. The maximum atomic E-state index is 12.7. The molecule has 10 heteroatoms. The average molecular weight is 950 g/mol. The van der Waals surface area contributed by atoms with E-state index < -0.39 is 32.5 Å². The Morgan fingerprint density at radius 1 is 0.448 bits per heavy atom. The van der Waals surface area contributed by atoms with E-state index in [0.717, 1.165) is 141 Å². The van der Waals surface area contributed by atoms with Gasteiger partial charge < -0.3 is 20.1 Å². The number of ether oxygens (including phenoxy) is 2. The number of rotatable bonds is 46. The second-order valence-corrected chi connectivity index (χ2v) is 17.7. The third kappa shape index (κ3) is 51.4. The summed E-state index contributed by atoms with van der Waals surface area (Å²) in [6.07, 6.45) is 72.0. The van der Waals surface area contributed by atoms with E-state index in [4.69, 9.17) is 24.3 Å². The SMILES string of the molecule is CC/C=C\C/C=C\C/C=C\C/C=C\C/C=C\C/C=C\C/C=C\CCCCCCCC(=O)OC(COC(=O)CCCCCCCC/C=C\C/C=C\C/C=C\C/C=C\CC)COP(=O)(O)OCCN. The first kappa shape index (κ1) is 63.1. The lowest BCUT2D eigenvalue weighted by Crippen LogP contribution is -2.29. The lowest BCUT2D eigenvalue weighted by molar-refractivity contribution is -0.161. The zero-order valence-electron chi connectivity index (χ0n) is 41.8. The molecule has 0 rings (SSSR count). The van der Waals surface area contributed by atoms with Crippen LogP contribution in [0.3, 0.4) is 0 Å². The molecule has 67 heavy (non-hydrogen) atoms. The number of hydrogen-bond donors (Lipinski definition) is 2. The first-order chi connectivity index (χ1) is 32.8. The molecule has 0 saturated heterocycles. The molecule has 0 heterocycles. The molecule has 0 aliphatic carbocycles. The Labute approximate surface area is 408 Å². The number of carbonyl (C=O) groups excluding carboxylic acids is 2. The molecule has 0 aromatic rings. The topological polar surface area (TPSA) is 134 Å². The molecule has 0 aromatic heterocycles. The van der Waals surface area contributed by atoms with Gasteiger partial charge in [-0.15, -0.1) is 0 Å². The second kappa shape index (κ2) is 51.5. The highest BCUT2D eigenvalue weighted by molar-refractivity contribution is 7.47.